The number of imidazole rings is 1. The number of anilines is 2. The van der Waals surface area contributed by atoms with E-state index >= 15 is 0 Å². The minimum Gasteiger partial charge on any atom is -0.494 e. The molecule has 3 aromatic rings. The van der Waals surface area contributed by atoms with Gasteiger partial charge in [0.15, 0.2) is 23.0 Å². The van der Waals surface area contributed by atoms with Crippen LogP contribution in [0.15, 0.2) is 24.8 Å². The van der Waals surface area contributed by atoms with Crippen molar-refractivity contribution >= 4 is 22.7 Å². The van der Waals surface area contributed by atoms with E-state index in [-0.39, 0.29) is 0 Å². The minimum atomic E-state index is 0.593. The number of ether oxygens (including phenoxy) is 3. The van der Waals surface area contributed by atoms with Gasteiger partial charge in [-0.25, -0.2) is 15.0 Å². The monoisotopic (exact) mass is 315 g/mol. The van der Waals surface area contributed by atoms with Gasteiger partial charge in [-0.1, -0.05) is 0 Å². The number of methoxy groups -OCH3 is 3. The molecule has 8 heteroatoms. The minimum absolute atomic E-state index is 0.593. The summed E-state index contributed by atoms with van der Waals surface area (Å²) in [6.07, 6.45) is 3.06. The molecule has 0 atom stereocenters. The Morgan fingerprint density at radius 3 is 2.30 bits per heavy atom. The SMILES string of the molecule is COc1cc(OC)c(N(C)c2ncnc3nc[nH]c23)cc1OC. The molecule has 0 aliphatic carbocycles. The standard InChI is InChI=1S/C15H17N5O3/c1-20(15-13-14(17-7-16-13)18-8-19-15)9-5-11(22-3)12(23-4)6-10(9)21-2/h5-8H,1-4H3,(H,16,17,18,19). The van der Waals surface area contributed by atoms with Crippen LogP contribution >= 0.6 is 0 Å². The Kier molecular flexibility index (Phi) is 3.88. The second-order valence-electron chi connectivity index (χ2n) is 4.74. The molecule has 1 aromatic carbocycles. The van der Waals surface area contributed by atoms with Crippen molar-refractivity contribution in [3.05, 3.63) is 24.8 Å². The third kappa shape index (κ3) is 2.48. The zero-order valence-electron chi connectivity index (χ0n) is 13.3. The van der Waals surface area contributed by atoms with Crippen LogP contribution in [0.3, 0.4) is 0 Å². The molecule has 23 heavy (non-hydrogen) atoms. The zero-order chi connectivity index (χ0) is 16.4. The lowest BCUT2D eigenvalue weighted by Crippen LogP contribution is -2.13. The summed E-state index contributed by atoms with van der Waals surface area (Å²) in [7, 11) is 6.65. The van der Waals surface area contributed by atoms with Crippen molar-refractivity contribution < 1.29 is 14.2 Å². The highest BCUT2D eigenvalue weighted by atomic mass is 16.5. The van der Waals surface area contributed by atoms with E-state index in [2.05, 4.69) is 19.9 Å². The Bertz CT molecular complexity index is 833. The van der Waals surface area contributed by atoms with E-state index in [1.807, 2.05) is 18.0 Å². The van der Waals surface area contributed by atoms with E-state index in [1.54, 1.807) is 33.7 Å². The summed E-state index contributed by atoms with van der Waals surface area (Å²) in [6, 6.07) is 3.61. The molecule has 0 fully saturated rings. The van der Waals surface area contributed by atoms with Crippen molar-refractivity contribution in [3.8, 4) is 17.2 Å². The quantitative estimate of drug-likeness (QED) is 0.772. The van der Waals surface area contributed by atoms with Crippen molar-refractivity contribution in [2.75, 3.05) is 33.3 Å². The number of fused-ring (bicyclic) bond motifs is 1. The predicted molar refractivity (Wildman–Crippen MR) is 85.8 cm³/mol. The predicted octanol–water partition coefficient (Wildman–Crippen LogP) is 2.15. The van der Waals surface area contributed by atoms with Gasteiger partial charge in [-0.05, 0) is 0 Å². The normalized spacial score (nSPS) is 10.6. The molecule has 0 unspecified atom stereocenters. The second-order valence-corrected chi connectivity index (χ2v) is 4.74. The van der Waals surface area contributed by atoms with Crippen LogP contribution in [0.1, 0.15) is 0 Å². The van der Waals surface area contributed by atoms with Crippen molar-refractivity contribution in [2.45, 2.75) is 0 Å². The van der Waals surface area contributed by atoms with Gasteiger partial charge in [-0.3, -0.25) is 0 Å². The molecule has 2 heterocycles. The van der Waals surface area contributed by atoms with Crippen LogP contribution < -0.4 is 19.1 Å². The Labute approximate surface area is 133 Å². The molecular weight excluding hydrogens is 298 g/mol. The van der Waals surface area contributed by atoms with Crippen LogP contribution in [0.5, 0.6) is 17.2 Å². The molecule has 0 saturated carbocycles. The summed E-state index contributed by atoms with van der Waals surface area (Å²) in [5, 5.41) is 0. The lowest BCUT2D eigenvalue weighted by Gasteiger charge is -2.22. The Hall–Kier alpha value is -3.03. The number of aromatic amines is 1. The van der Waals surface area contributed by atoms with E-state index in [1.165, 1.54) is 6.33 Å². The summed E-state index contributed by atoms with van der Waals surface area (Å²) in [6.45, 7) is 0. The highest BCUT2D eigenvalue weighted by molar-refractivity contribution is 5.87. The van der Waals surface area contributed by atoms with Crippen LogP contribution in [0.4, 0.5) is 11.5 Å². The number of hydrogen-bond acceptors (Lipinski definition) is 7. The van der Waals surface area contributed by atoms with Gasteiger partial charge in [-0.15, -0.1) is 0 Å². The molecule has 0 radical (unpaired) electrons. The molecule has 0 aliphatic rings. The van der Waals surface area contributed by atoms with Crippen LogP contribution in [0.25, 0.3) is 11.2 Å². The van der Waals surface area contributed by atoms with Crippen molar-refractivity contribution in [1.82, 2.24) is 19.9 Å². The van der Waals surface area contributed by atoms with Crippen molar-refractivity contribution in [3.63, 3.8) is 0 Å². The highest BCUT2D eigenvalue weighted by Gasteiger charge is 2.19. The fraction of sp³-hybridized carbons (Fsp3) is 0.267. The van der Waals surface area contributed by atoms with E-state index in [9.17, 15) is 0 Å². The lowest BCUT2D eigenvalue weighted by molar-refractivity contribution is 0.349. The van der Waals surface area contributed by atoms with Gasteiger partial charge in [0, 0.05) is 19.2 Å². The summed E-state index contributed by atoms with van der Waals surface area (Å²) in [5.74, 6) is 2.51. The summed E-state index contributed by atoms with van der Waals surface area (Å²) in [5.41, 5.74) is 2.12. The number of rotatable bonds is 5. The maximum absolute atomic E-state index is 5.48. The molecule has 0 aliphatic heterocycles. The van der Waals surface area contributed by atoms with Gasteiger partial charge in [0.2, 0.25) is 0 Å². The summed E-state index contributed by atoms with van der Waals surface area (Å²) >= 11 is 0. The molecule has 8 nitrogen and oxygen atoms in total. The second kappa shape index (κ2) is 5.99. The Morgan fingerprint density at radius 2 is 1.61 bits per heavy atom. The van der Waals surface area contributed by atoms with E-state index in [4.69, 9.17) is 14.2 Å². The molecule has 0 spiro atoms. The third-order valence-electron chi connectivity index (χ3n) is 3.57. The lowest BCUT2D eigenvalue weighted by atomic mass is 10.2. The first kappa shape index (κ1) is 14.9. The summed E-state index contributed by atoms with van der Waals surface area (Å²) in [4.78, 5) is 17.6. The average Bonchev–Trinajstić information content (AvgIpc) is 3.08. The number of nitrogens with zero attached hydrogens (tertiary/aromatic N) is 4. The number of hydrogen-bond donors (Lipinski definition) is 1. The zero-order valence-corrected chi connectivity index (χ0v) is 13.3. The van der Waals surface area contributed by atoms with Gasteiger partial charge < -0.3 is 24.1 Å². The molecule has 0 bridgehead atoms. The molecule has 2 aromatic heterocycles. The van der Waals surface area contributed by atoms with E-state index < -0.39 is 0 Å². The van der Waals surface area contributed by atoms with Crippen LogP contribution in [-0.2, 0) is 0 Å². The highest BCUT2D eigenvalue weighted by Crippen LogP contribution is 2.41. The number of benzene rings is 1. The third-order valence-corrected chi connectivity index (χ3v) is 3.57. The first-order valence-corrected chi connectivity index (χ1v) is 6.87. The molecule has 120 valence electrons. The summed E-state index contributed by atoms with van der Waals surface area (Å²) < 4.78 is 16.2. The number of aromatic nitrogens is 4. The largest absolute Gasteiger partial charge is 0.494 e. The Balaban J connectivity index is 2.15. The fourth-order valence-electron chi connectivity index (χ4n) is 2.40. The molecule has 1 N–H and O–H groups in total. The van der Waals surface area contributed by atoms with Gasteiger partial charge in [0.25, 0.3) is 0 Å². The van der Waals surface area contributed by atoms with Gasteiger partial charge >= 0.3 is 0 Å². The topological polar surface area (TPSA) is 85.4 Å². The van der Waals surface area contributed by atoms with Crippen LogP contribution in [0, 0.1) is 0 Å². The average molecular weight is 315 g/mol. The van der Waals surface area contributed by atoms with Crippen LogP contribution in [0.2, 0.25) is 0 Å². The molecule has 0 saturated heterocycles. The fourth-order valence-corrected chi connectivity index (χ4v) is 2.40. The maximum Gasteiger partial charge on any atom is 0.182 e. The van der Waals surface area contributed by atoms with Crippen molar-refractivity contribution in [2.24, 2.45) is 0 Å². The molecule has 0 amide bonds. The van der Waals surface area contributed by atoms with Gasteiger partial charge in [0.1, 0.15) is 17.6 Å². The first-order chi connectivity index (χ1) is 11.2. The Morgan fingerprint density at radius 1 is 0.913 bits per heavy atom. The molecule has 3 rings (SSSR count). The van der Waals surface area contributed by atoms with E-state index in [0.717, 1.165) is 11.2 Å². The van der Waals surface area contributed by atoms with Gasteiger partial charge in [-0.2, -0.15) is 0 Å². The smallest absolute Gasteiger partial charge is 0.182 e. The van der Waals surface area contributed by atoms with Gasteiger partial charge in [0.05, 0.1) is 33.3 Å². The molecular formula is C15H17N5O3. The first-order valence-electron chi connectivity index (χ1n) is 6.87. The van der Waals surface area contributed by atoms with Crippen molar-refractivity contribution in [1.29, 1.82) is 0 Å². The maximum atomic E-state index is 5.48. The number of nitrogens with one attached hydrogen (secondary N) is 1. The number of H-pyrrole nitrogens is 1. The van der Waals surface area contributed by atoms with E-state index in [0.29, 0.717) is 28.7 Å². The van der Waals surface area contributed by atoms with Crippen LogP contribution in [-0.4, -0.2) is 48.3 Å².